The number of hydrogen-bond acceptors (Lipinski definition) is 2. The van der Waals surface area contributed by atoms with E-state index in [9.17, 15) is 0 Å². The Balaban J connectivity index is 2.59. The monoisotopic (exact) mass is 241 g/mol. The molecule has 1 aliphatic carbocycles. The Morgan fingerprint density at radius 1 is 1.54 bits per heavy atom. The first-order chi connectivity index (χ1) is 6.24. The first-order valence-corrected chi connectivity index (χ1v) is 5.14. The van der Waals surface area contributed by atoms with E-state index in [1.165, 1.54) is 11.1 Å². The lowest BCUT2D eigenvalue weighted by molar-refractivity contribution is 0.410. The number of benzene rings is 1. The van der Waals surface area contributed by atoms with Gasteiger partial charge < -0.3 is 10.5 Å². The molecular weight excluding hydrogens is 230 g/mol. The summed E-state index contributed by atoms with van der Waals surface area (Å²) in [6.07, 6.45) is 2.05. The van der Waals surface area contributed by atoms with E-state index in [0.717, 1.165) is 23.1 Å². The van der Waals surface area contributed by atoms with Crippen molar-refractivity contribution in [3.63, 3.8) is 0 Å². The zero-order chi connectivity index (χ0) is 9.42. The average Bonchev–Trinajstić information content (AvgIpc) is 2.50. The Hall–Kier alpha value is -0.540. The summed E-state index contributed by atoms with van der Waals surface area (Å²) in [7, 11) is 1.70. The van der Waals surface area contributed by atoms with Crippen molar-refractivity contribution in [1.29, 1.82) is 0 Å². The van der Waals surface area contributed by atoms with Crippen LogP contribution in [-0.4, -0.2) is 7.11 Å². The maximum absolute atomic E-state index is 5.99. The highest BCUT2D eigenvalue weighted by atomic mass is 79.9. The average molecular weight is 242 g/mol. The van der Waals surface area contributed by atoms with Crippen molar-refractivity contribution in [2.45, 2.75) is 18.9 Å². The molecule has 2 nitrogen and oxygen atoms in total. The lowest BCUT2D eigenvalue weighted by atomic mass is 10.1. The molecule has 70 valence electrons. The Labute approximate surface area is 86.2 Å². The smallest absolute Gasteiger partial charge is 0.122 e. The number of methoxy groups -OCH3 is 1. The number of ether oxygens (including phenoxy) is 1. The van der Waals surface area contributed by atoms with Gasteiger partial charge in [0.15, 0.2) is 0 Å². The zero-order valence-corrected chi connectivity index (χ0v) is 9.10. The maximum Gasteiger partial charge on any atom is 0.122 e. The highest BCUT2D eigenvalue weighted by Gasteiger charge is 2.24. The molecule has 1 aliphatic rings. The molecule has 3 heteroatoms. The van der Waals surface area contributed by atoms with Crippen molar-refractivity contribution in [2.75, 3.05) is 7.11 Å². The molecule has 0 unspecified atom stereocenters. The third-order valence-electron chi connectivity index (χ3n) is 2.56. The van der Waals surface area contributed by atoms with Crippen molar-refractivity contribution in [2.24, 2.45) is 5.73 Å². The first kappa shape index (κ1) is 9.03. The minimum absolute atomic E-state index is 0.166. The fraction of sp³-hybridized carbons (Fsp3) is 0.400. The molecular formula is C10H12BrNO. The molecule has 2 N–H and O–H groups in total. The van der Waals surface area contributed by atoms with Crippen molar-refractivity contribution >= 4 is 15.9 Å². The quantitative estimate of drug-likeness (QED) is 0.820. The van der Waals surface area contributed by atoms with Crippen LogP contribution in [0.1, 0.15) is 23.6 Å². The molecule has 0 bridgehead atoms. The van der Waals surface area contributed by atoms with Gasteiger partial charge >= 0.3 is 0 Å². The van der Waals surface area contributed by atoms with Crippen molar-refractivity contribution in [3.8, 4) is 5.75 Å². The molecule has 1 aromatic carbocycles. The molecule has 0 fully saturated rings. The summed E-state index contributed by atoms with van der Waals surface area (Å²) < 4.78 is 6.39. The van der Waals surface area contributed by atoms with Gasteiger partial charge in [0.2, 0.25) is 0 Å². The molecule has 0 amide bonds. The van der Waals surface area contributed by atoms with Crippen molar-refractivity contribution in [1.82, 2.24) is 0 Å². The van der Waals surface area contributed by atoms with Crippen LogP contribution in [0.3, 0.4) is 0 Å². The van der Waals surface area contributed by atoms with Gasteiger partial charge in [-0.25, -0.2) is 0 Å². The minimum atomic E-state index is 0.166. The lowest BCUT2D eigenvalue weighted by Crippen LogP contribution is -2.06. The molecule has 13 heavy (non-hydrogen) atoms. The van der Waals surface area contributed by atoms with Gasteiger partial charge in [0.25, 0.3) is 0 Å². The lowest BCUT2D eigenvalue weighted by Gasteiger charge is -2.10. The Bertz CT molecular complexity index is 338. The van der Waals surface area contributed by atoms with Crippen LogP contribution in [0.2, 0.25) is 0 Å². The van der Waals surface area contributed by atoms with E-state index in [1.54, 1.807) is 7.11 Å². The molecule has 1 atom stereocenters. The molecule has 0 aliphatic heterocycles. The van der Waals surface area contributed by atoms with Crippen LogP contribution >= 0.6 is 15.9 Å². The van der Waals surface area contributed by atoms with Crippen LogP contribution in [0.25, 0.3) is 0 Å². The second kappa shape index (κ2) is 3.31. The normalized spacial score (nSPS) is 20.1. The van der Waals surface area contributed by atoms with Gasteiger partial charge in [-0.1, -0.05) is 15.9 Å². The molecule has 1 aromatic rings. The number of halogens is 1. The fourth-order valence-electron chi connectivity index (χ4n) is 1.91. The van der Waals surface area contributed by atoms with E-state index in [4.69, 9.17) is 10.5 Å². The third-order valence-corrected chi connectivity index (χ3v) is 3.25. The van der Waals surface area contributed by atoms with Crippen LogP contribution < -0.4 is 10.5 Å². The zero-order valence-electron chi connectivity index (χ0n) is 7.51. The van der Waals surface area contributed by atoms with E-state index in [-0.39, 0.29) is 6.04 Å². The summed E-state index contributed by atoms with van der Waals surface area (Å²) >= 11 is 3.52. The second-order valence-electron chi connectivity index (χ2n) is 3.29. The molecule has 0 saturated carbocycles. The van der Waals surface area contributed by atoms with E-state index in [2.05, 4.69) is 15.9 Å². The minimum Gasteiger partial charge on any atom is -0.496 e. The summed E-state index contributed by atoms with van der Waals surface area (Å²) in [5.41, 5.74) is 8.47. The van der Waals surface area contributed by atoms with Crippen LogP contribution in [0, 0.1) is 0 Å². The summed E-state index contributed by atoms with van der Waals surface area (Å²) in [6, 6.07) is 4.16. The van der Waals surface area contributed by atoms with Crippen molar-refractivity contribution in [3.05, 3.63) is 27.7 Å². The first-order valence-electron chi connectivity index (χ1n) is 4.35. The molecule has 0 saturated heterocycles. The van der Waals surface area contributed by atoms with Gasteiger partial charge in [0, 0.05) is 16.1 Å². The molecule has 2 rings (SSSR count). The predicted molar refractivity (Wildman–Crippen MR) is 55.9 cm³/mol. The predicted octanol–water partition coefficient (Wildman–Crippen LogP) is 2.40. The summed E-state index contributed by atoms with van der Waals surface area (Å²) in [5, 5.41) is 0. The molecule has 0 heterocycles. The fourth-order valence-corrected chi connectivity index (χ4v) is 2.58. The number of nitrogens with two attached hydrogens (primary N) is 1. The SMILES string of the molecule is COc1ccc(Br)c2c1CC[C@@H]2N. The van der Waals surface area contributed by atoms with Crippen LogP contribution in [0.5, 0.6) is 5.75 Å². The number of rotatable bonds is 1. The summed E-state index contributed by atoms with van der Waals surface area (Å²) in [4.78, 5) is 0. The maximum atomic E-state index is 5.99. The molecule has 0 radical (unpaired) electrons. The Kier molecular flexibility index (Phi) is 2.30. The topological polar surface area (TPSA) is 35.2 Å². The van der Waals surface area contributed by atoms with Gasteiger partial charge in [0.1, 0.15) is 5.75 Å². The third kappa shape index (κ3) is 1.36. The second-order valence-corrected chi connectivity index (χ2v) is 4.14. The number of hydrogen-bond donors (Lipinski definition) is 1. The van der Waals surface area contributed by atoms with Gasteiger partial charge in [-0.05, 0) is 30.5 Å². The highest BCUT2D eigenvalue weighted by Crippen LogP contribution is 2.40. The Morgan fingerprint density at radius 3 is 3.00 bits per heavy atom. The van der Waals surface area contributed by atoms with Crippen molar-refractivity contribution < 1.29 is 4.74 Å². The van der Waals surface area contributed by atoms with E-state index >= 15 is 0 Å². The molecule has 0 aromatic heterocycles. The van der Waals surface area contributed by atoms with E-state index in [0.29, 0.717) is 0 Å². The largest absolute Gasteiger partial charge is 0.496 e. The van der Waals surface area contributed by atoms with E-state index in [1.807, 2.05) is 12.1 Å². The summed E-state index contributed by atoms with van der Waals surface area (Å²) in [5.74, 6) is 0.964. The molecule has 0 spiro atoms. The number of fused-ring (bicyclic) bond motifs is 1. The van der Waals surface area contributed by atoms with Gasteiger partial charge in [-0.3, -0.25) is 0 Å². The van der Waals surface area contributed by atoms with Crippen LogP contribution in [-0.2, 0) is 6.42 Å². The van der Waals surface area contributed by atoms with Crippen LogP contribution in [0.4, 0.5) is 0 Å². The van der Waals surface area contributed by atoms with Gasteiger partial charge in [-0.15, -0.1) is 0 Å². The van der Waals surface area contributed by atoms with E-state index < -0.39 is 0 Å². The van der Waals surface area contributed by atoms with Crippen LogP contribution in [0.15, 0.2) is 16.6 Å². The van der Waals surface area contributed by atoms with Gasteiger partial charge in [0.05, 0.1) is 7.11 Å². The van der Waals surface area contributed by atoms with Gasteiger partial charge in [-0.2, -0.15) is 0 Å². The Morgan fingerprint density at radius 2 is 2.31 bits per heavy atom. The standard InChI is InChI=1S/C10H12BrNO/c1-13-9-5-3-7(11)10-6(9)2-4-8(10)12/h3,5,8H,2,4,12H2,1H3/t8-/m0/s1. The highest BCUT2D eigenvalue weighted by molar-refractivity contribution is 9.10. The summed E-state index contributed by atoms with van der Waals surface area (Å²) in [6.45, 7) is 0.